The van der Waals surface area contributed by atoms with Gasteiger partial charge in [-0.05, 0) is 57.0 Å². The lowest BCUT2D eigenvalue weighted by molar-refractivity contribution is 0.146. The standard InChI is InChI=1S/C16H25FN2/c1-3-9-18-16-8-5-10-19(12-16)13(2)14-6-4-7-15(17)11-14/h4,6-7,11,13,16,18H,3,5,8-10,12H2,1-2H3. The van der Waals surface area contributed by atoms with Gasteiger partial charge in [-0.25, -0.2) is 4.39 Å². The van der Waals surface area contributed by atoms with Crippen LogP contribution < -0.4 is 5.32 Å². The highest BCUT2D eigenvalue weighted by Crippen LogP contribution is 2.24. The molecule has 1 aliphatic heterocycles. The topological polar surface area (TPSA) is 15.3 Å². The second-order valence-electron chi connectivity index (χ2n) is 5.52. The number of piperidine rings is 1. The van der Waals surface area contributed by atoms with Crippen molar-refractivity contribution in [3.05, 3.63) is 35.6 Å². The predicted octanol–water partition coefficient (Wildman–Crippen LogP) is 3.35. The molecule has 3 heteroatoms. The average molecular weight is 264 g/mol. The van der Waals surface area contributed by atoms with Crippen LogP contribution in [0.4, 0.5) is 4.39 Å². The summed E-state index contributed by atoms with van der Waals surface area (Å²) < 4.78 is 13.3. The Morgan fingerprint density at radius 3 is 3.05 bits per heavy atom. The fourth-order valence-corrected chi connectivity index (χ4v) is 2.85. The van der Waals surface area contributed by atoms with Gasteiger partial charge < -0.3 is 5.32 Å². The molecule has 1 aliphatic rings. The molecule has 0 radical (unpaired) electrons. The molecule has 0 spiro atoms. The number of hydrogen-bond acceptors (Lipinski definition) is 2. The predicted molar refractivity (Wildman–Crippen MR) is 77.7 cm³/mol. The molecule has 19 heavy (non-hydrogen) atoms. The van der Waals surface area contributed by atoms with Crippen molar-refractivity contribution >= 4 is 0 Å². The monoisotopic (exact) mass is 264 g/mol. The summed E-state index contributed by atoms with van der Waals surface area (Å²) in [6, 6.07) is 7.88. The van der Waals surface area contributed by atoms with Crippen molar-refractivity contribution < 1.29 is 4.39 Å². The fourth-order valence-electron chi connectivity index (χ4n) is 2.85. The Morgan fingerprint density at radius 1 is 1.47 bits per heavy atom. The largest absolute Gasteiger partial charge is 0.313 e. The molecule has 2 unspecified atom stereocenters. The summed E-state index contributed by atoms with van der Waals surface area (Å²) in [5, 5.41) is 3.60. The summed E-state index contributed by atoms with van der Waals surface area (Å²) in [5.41, 5.74) is 1.08. The summed E-state index contributed by atoms with van der Waals surface area (Å²) in [4.78, 5) is 2.46. The second-order valence-corrected chi connectivity index (χ2v) is 5.52. The Morgan fingerprint density at radius 2 is 2.32 bits per heavy atom. The molecule has 1 saturated heterocycles. The number of benzene rings is 1. The van der Waals surface area contributed by atoms with Crippen molar-refractivity contribution in [3.63, 3.8) is 0 Å². The molecule has 0 saturated carbocycles. The van der Waals surface area contributed by atoms with Crippen LogP contribution in [0.3, 0.4) is 0 Å². The van der Waals surface area contributed by atoms with Crippen molar-refractivity contribution in [2.45, 2.75) is 45.2 Å². The third-order valence-electron chi connectivity index (χ3n) is 4.01. The van der Waals surface area contributed by atoms with E-state index in [0.717, 1.165) is 25.2 Å². The highest BCUT2D eigenvalue weighted by Gasteiger charge is 2.23. The molecule has 1 fully saturated rings. The summed E-state index contributed by atoms with van der Waals surface area (Å²) >= 11 is 0. The zero-order chi connectivity index (χ0) is 13.7. The average Bonchev–Trinajstić information content (AvgIpc) is 2.44. The third-order valence-corrected chi connectivity index (χ3v) is 4.01. The highest BCUT2D eigenvalue weighted by molar-refractivity contribution is 5.19. The van der Waals surface area contributed by atoms with Gasteiger partial charge in [-0.15, -0.1) is 0 Å². The molecule has 0 aliphatic carbocycles. The van der Waals surface area contributed by atoms with E-state index in [1.165, 1.54) is 25.3 Å². The van der Waals surface area contributed by atoms with Crippen molar-refractivity contribution in [1.82, 2.24) is 10.2 Å². The van der Waals surface area contributed by atoms with Crippen LogP contribution in [0, 0.1) is 5.82 Å². The van der Waals surface area contributed by atoms with Crippen LogP contribution in [0.1, 0.15) is 44.7 Å². The first-order chi connectivity index (χ1) is 9.20. The number of hydrogen-bond donors (Lipinski definition) is 1. The molecule has 2 nitrogen and oxygen atoms in total. The maximum Gasteiger partial charge on any atom is 0.123 e. The van der Waals surface area contributed by atoms with Crippen molar-refractivity contribution in [2.24, 2.45) is 0 Å². The van der Waals surface area contributed by atoms with Gasteiger partial charge in [0.05, 0.1) is 0 Å². The number of nitrogens with one attached hydrogen (secondary N) is 1. The van der Waals surface area contributed by atoms with E-state index in [0.29, 0.717) is 12.1 Å². The van der Waals surface area contributed by atoms with Gasteiger partial charge in [0.1, 0.15) is 5.82 Å². The van der Waals surface area contributed by atoms with Crippen LogP contribution >= 0.6 is 0 Å². The molecule has 1 aromatic rings. The summed E-state index contributed by atoms with van der Waals surface area (Å²) in [5.74, 6) is -0.137. The highest BCUT2D eigenvalue weighted by atomic mass is 19.1. The molecule has 106 valence electrons. The summed E-state index contributed by atoms with van der Waals surface area (Å²) in [6.45, 7) is 7.65. The number of likely N-dealkylation sites (tertiary alicyclic amines) is 1. The normalized spacial score (nSPS) is 22.4. The molecule has 1 aromatic carbocycles. The van der Waals surface area contributed by atoms with Gasteiger partial charge in [0.25, 0.3) is 0 Å². The zero-order valence-corrected chi connectivity index (χ0v) is 12.0. The first kappa shape index (κ1) is 14.5. The van der Waals surface area contributed by atoms with Gasteiger partial charge >= 0.3 is 0 Å². The van der Waals surface area contributed by atoms with Crippen molar-refractivity contribution in [2.75, 3.05) is 19.6 Å². The van der Waals surface area contributed by atoms with Gasteiger partial charge in [0.2, 0.25) is 0 Å². The maximum atomic E-state index is 13.3. The lowest BCUT2D eigenvalue weighted by Gasteiger charge is -2.37. The number of nitrogens with zero attached hydrogens (tertiary/aromatic N) is 1. The van der Waals surface area contributed by atoms with E-state index in [1.807, 2.05) is 6.07 Å². The second kappa shape index (κ2) is 7.01. The Hall–Kier alpha value is -0.930. The van der Waals surface area contributed by atoms with E-state index in [9.17, 15) is 4.39 Å². The van der Waals surface area contributed by atoms with Gasteiger partial charge in [-0.2, -0.15) is 0 Å². The minimum atomic E-state index is -0.137. The molecular formula is C16H25FN2. The minimum Gasteiger partial charge on any atom is -0.313 e. The lowest BCUT2D eigenvalue weighted by atomic mass is 10.0. The molecule has 2 rings (SSSR count). The molecule has 0 amide bonds. The van der Waals surface area contributed by atoms with Crippen LogP contribution in [0.5, 0.6) is 0 Å². The van der Waals surface area contributed by atoms with E-state index in [-0.39, 0.29) is 5.82 Å². The molecule has 2 atom stereocenters. The van der Waals surface area contributed by atoms with E-state index < -0.39 is 0 Å². The Bertz CT molecular complexity index is 394. The first-order valence-corrected chi connectivity index (χ1v) is 7.43. The van der Waals surface area contributed by atoms with Gasteiger partial charge in [0.15, 0.2) is 0 Å². The van der Waals surface area contributed by atoms with Gasteiger partial charge in [-0.3, -0.25) is 4.90 Å². The molecule has 0 aromatic heterocycles. The van der Waals surface area contributed by atoms with Crippen LogP contribution in [-0.2, 0) is 0 Å². The molecular weight excluding hydrogens is 239 g/mol. The van der Waals surface area contributed by atoms with E-state index in [2.05, 4.69) is 24.1 Å². The van der Waals surface area contributed by atoms with Crippen LogP contribution in [0.15, 0.2) is 24.3 Å². The molecule has 1 heterocycles. The van der Waals surface area contributed by atoms with Crippen LogP contribution in [-0.4, -0.2) is 30.6 Å². The smallest absolute Gasteiger partial charge is 0.123 e. The van der Waals surface area contributed by atoms with E-state index in [1.54, 1.807) is 12.1 Å². The zero-order valence-electron chi connectivity index (χ0n) is 12.0. The Kier molecular flexibility index (Phi) is 5.34. The third kappa shape index (κ3) is 4.02. The number of rotatable bonds is 5. The van der Waals surface area contributed by atoms with Crippen LogP contribution in [0.25, 0.3) is 0 Å². The molecule has 0 bridgehead atoms. The quantitative estimate of drug-likeness (QED) is 0.877. The minimum absolute atomic E-state index is 0.137. The Labute approximate surface area is 116 Å². The lowest BCUT2D eigenvalue weighted by Crippen LogP contribution is -2.46. The van der Waals surface area contributed by atoms with E-state index >= 15 is 0 Å². The summed E-state index contributed by atoms with van der Waals surface area (Å²) in [6.07, 6.45) is 3.66. The fraction of sp³-hybridized carbons (Fsp3) is 0.625. The van der Waals surface area contributed by atoms with Crippen LogP contribution in [0.2, 0.25) is 0 Å². The summed E-state index contributed by atoms with van der Waals surface area (Å²) in [7, 11) is 0. The SMILES string of the molecule is CCCNC1CCCN(C(C)c2cccc(F)c2)C1. The number of halogens is 1. The maximum absolute atomic E-state index is 13.3. The van der Waals surface area contributed by atoms with Crippen molar-refractivity contribution in [3.8, 4) is 0 Å². The Balaban J connectivity index is 1.96. The van der Waals surface area contributed by atoms with Gasteiger partial charge in [-0.1, -0.05) is 19.1 Å². The van der Waals surface area contributed by atoms with Gasteiger partial charge in [0, 0.05) is 18.6 Å². The molecule has 1 N–H and O–H groups in total. The van der Waals surface area contributed by atoms with E-state index in [4.69, 9.17) is 0 Å². The van der Waals surface area contributed by atoms with Crippen molar-refractivity contribution in [1.29, 1.82) is 0 Å². The first-order valence-electron chi connectivity index (χ1n) is 7.43.